The molecule has 0 bridgehead atoms. The minimum Gasteiger partial charge on any atom is -0.504 e. The average molecular weight is 306 g/mol. The maximum atomic E-state index is 11.3. The van der Waals surface area contributed by atoms with E-state index in [2.05, 4.69) is 14.7 Å². The molecule has 112 valence electrons. The second kappa shape index (κ2) is 6.69. The maximum absolute atomic E-state index is 11.3. The van der Waals surface area contributed by atoms with Crippen LogP contribution in [0.25, 0.3) is 0 Å². The van der Waals surface area contributed by atoms with Crippen molar-refractivity contribution in [1.82, 2.24) is 5.43 Å². The zero-order valence-corrected chi connectivity index (χ0v) is 11.4. The van der Waals surface area contributed by atoms with Crippen molar-refractivity contribution < 1.29 is 33.5 Å². The van der Waals surface area contributed by atoms with Gasteiger partial charge in [-0.15, -0.1) is 0 Å². The Morgan fingerprint density at radius 3 is 2.60 bits per heavy atom. The number of methoxy groups -OCH3 is 1. The van der Waals surface area contributed by atoms with Crippen LogP contribution < -0.4 is 15.8 Å². The van der Waals surface area contributed by atoms with Crippen LogP contribution >= 0.6 is 7.82 Å². The zero-order valence-electron chi connectivity index (χ0n) is 10.5. The summed E-state index contributed by atoms with van der Waals surface area (Å²) in [5, 5.41) is 9.60. The molecule has 1 aromatic carbocycles. The molecule has 20 heavy (non-hydrogen) atoms. The highest BCUT2D eigenvalue weighted by Crippen LogP contribution is 2.41. The largest absolute Gasteiger partial charge is 0.524 e. The van der Waals surface area contributed by atoms with E-state index in [1.165, 1.54) is 25.3 Å². The van der Waals surface area contributed by atoms with Gasteiger partial charge in [-0.05, 0) is 24.1 Å². The Kier molecular flexibility index (Phi) is 5.49. The number of phenols is 1. The SMILES string of the molecule is COC(=O)C(Cc1ccc(OP(=O)(O)O)c(O)c1)NN. The lowest BCUT2D eigenvalue weighted by Gasteiger charge is -2.14. The van der Waals surface area contributed by atoms with Crippen molar-refractivity contribution in [2.24, 2.45) is 5.84 Å². The van der Waals surface area contributed by atoms with E-state index in [-0.39, 0.29) is 12.2 Å². The Labute approximate surface area is 114 Å². The van der Waals surface area contributed by atoms with Gasteiger partial charge >= 0.3 is 13.8 Å². The topological polar surface area (TPSA) is 151 Å². The lowest BCUT2D eigenvalue weighted by atomic mass is 10.1. The van der Waals surface area contributed by atoms with Crippen LogP contribution in [0, 0.1) is 0 Å². The highest BCUT2D eigenvalue weighted by Gasteiger charge is 2.21. The quantitative estimate of drug-likeness (QED) is 0.201. The van der Waals surface area contributed by atoms with Gasteiger partial charge in [0.15, 0.2) is 11.5 Å². The van der Waals surface area contributed by atoms with Crippen molar-refractivity contribution in [2.45, 2.75) is 12.5 Å². The summed E-state index contributed by atoms with van der Waals surface area (Å²) in [4.78, 5) is 28.6. The van der Waals surface area contributed by atoms with Gasteiger partial charge in [0.25, 0.3) is 0 Å². The molecule has 1 unspecified atom stereocenters. The summed E-state index contributed by atoms with van der Waals surface area (Å²) in [5.74, 6) is 3.80. The van der Waals surface area contributed by atoms with E-state index in [4.69, 9.17) is 15.6 Å². The molecule has 0 aliphatic rings. The van der Waals surface area contributed by atoms with Crippen molar-refractivity contribution in [3.8, 4) is 11.5 Å². The van der Waals surface area contributed by atoms with Crippen LogP contribution in [0.2, 0.25) is 0 Å². The Hall–Kier alpha value is -1.64. The predicted octanol–water partition coefficient (Wildman–Crippen LogP) is -0.589. The number of nitrogens with two attached hydrogens (primary N) is 1. The lowest BCUT2D eigenvalue weighted by molar-refractivity contribution is -0.143. The summed E-state index contributed by atoms with van der Waals surface area (Å²) in [6, 6.07) is 3.00. The van der Waals surface area contributed by atoms with Gasteiger partial charge in [0.1, 0.15) is 6.04 Å². The summed E-state index contributed by atoms with van der Waals surface area (Å²) < 4.78 is 19.5. The highest BCUT2D eigenvalue weighted by molar-refractivity contribution is 7.46. The number of hydrazine groups is 1. The molecule has 0 aliphatic heterocycles. The number of phosphoric acid groups is 1. The summed E-state index contributed by atoms with van der Waals surface area (Å²) >= 11 is 0. The first kappa shape index (κ1) is 16.4. The van der Waals surface area contributed by atoms with Gasteiger partial charge < -0.3 is 14.4 Å². The van der Waals surface area contributed by atoms with Crippen molar-refractivity contribution in [1.29, 1.82) is 0 Å². The van der Waals surface area contributed by atoms with E-state index in [9.17, 15) is 14.5 Å². The first-order chi connectivity index (χ1) is 9.26. The summed E-state index contributed by atoms with van der Waals surface area (Å²) in [6.07, 6.45) is 0.118. The number of phenolic OH excluding ortho intramolecular Hbond substituents is 1. The number of phosphoric ester groups is 1. The fourth-order valence-corrected chi connectivity index (χ4v) is 1.89. The van der Waals surface area contributed by atoms with Crippen LogP contribution in [0.3, 0.4) is 0 Å². The molecule has 6 N–H and O–H groups in total. The Morgan fingerprint density at radius 1 is 1.50 bits per heavy atom. The van der Waals surface area contributed by atoms with Gasteiger partial charge in [-0.25, -0.2) is 9.99 Å². The van der Waals surface area contributed by atoms with Crippen LogP contribution in [-0.2, 0) is 20.5 Å². The molecule has 0 amide bonds. The monoisotopic (exact) mass is 306 g/mol. The van der Waals surface area contributed by atoms with Crippen LogP contribution in [0.1, 0.15) is 5.56 Å². The molecule has 10 heteroatoms. The third-order valence-electron chi connectivity index (χ3n) is 2.37. The molecular formula is C10H15N2O7P. The van der Waals surface area contributed by atoms with E-state index >= 15 is 0 Å². The van der Waals surface area contributed by atoms with E-state index in [1.807, 2.05) is 0 Å². The third-order valence-corrected chi connectivity index (χ3v) is 2.80. The number of benzene rings is 1. The number of carbonyl (C=O) groups excluding carboxylic acids is 1. The van der Waals surface area contributed by atoms with Gasteiger partial charge in [-0.2, -0.15) is 0 Å². The molecule has 0 radical (unpaired) electrons. The molecule has 0 fully saturated rings. The van der Waals surface area contributed by atoms with Crippen molar-refractivity contribution in [2.75, 3.05) is 7.11 Å². The lowest BCUT2D eigenvalue weighted by Crippen LogP contribution is -2.43. The minimum atomic E-state index is -4.75. The molecule has 0 saturated carbocycles. The van der Waals surface area contributed by atoms with Crippen molar-refractivity contribution in [3.63, 3.8) is 0 Å². The number of hydrogen-bond acceptors (Lipinski definition) is 7. The second-order valence-corrected chi connectivity index (χ2v) is 4.99. The molecule has 9 nitrogen and oxygen atoms in total. The standard InChI is InChI=1S/C10H15N2O7P/c1-18-10(14)7(12-11)4-6-2-3-9(8(13)5-6)19-20(15,16)17/h2-3,5,7,12-13H,4,11H2,1H3,(H2,15,16,17). The second-order valence-electron chi connectivity index (χ2n) is 3.83. The molecule has 1 rings (SSSR count). The average Bonchev–Trinajstić information content (AvgIpc) is 2.36. The summed E-state index contributed by atoms with van der Waals surface area (Å²) in [7, 11) is -3.54. The maximum Gasteiger partial charge on any atom is 0.524 e. The Bertz CT molecular complexity index is 530. The molecule has 0 aromatic heterocycles. The first-order valence-corrected chi connectivity index (χ1v) is 6.91. The number of aromatic hydroxyl groups is 1. The minimum absolute atomic E-state index is 0.118. The van der Waals surface area contributed by atoms with E-state index in [0.29, 0.717) is 5.56 Å². The third kappa shape index (κ3) is 4.80. The number of hydrogen-bond donors (Lipinski definition) is 5. The van der Waals surface area contributed by atoms with Crippen LogP contribution in [0.15, 0.2) is 18.2 Å². The fourth-order valence-electron chi connectivity index (χ4n) is 1.48. The van der Waals surface area contributed by atoms with E-state index < -0.39 is 25.6 Å². The molecule has 0 saturated heterocycles. The zero-order chi connectivity index (χ0) is 15.3. The Balaban J connectivity index is 2.87. The van der Waals surface area contributed by atoms with Crippen LogP contribution in [-0.4, -0.2) is 34.0 Å². The van der Waals surface area contributed by atoms with E-state index in [1.54, 1.807) is 0 Å². The molecule has 0 aliphatic carbocycles. The first-order valence-electron chi connectivity index (χ1n) is 5.38. The van der Waals surface area contributed by atoms with Crippen LogP contribution in [0.5, 0.6) is 11.5 Å². The predicted molar refractivity (Wildman–Crippen MR) is 67.6 cm³/mol. The van der Waals surface area contributed by atoms with Crippen LogP contribution in [0.4, 0.5) is 0 Å². The van der Waals surface area contributed by atoms with E-state index in [0.717, 1.165) is 0 Å². The number of carbonyl (C=O) groups is 1. The smallest absolute Gasteiger partial charge is 0.504 e. The van der Waals surface area contributed by atoms with Gasteiger partial charge in [0.05, 0.1) is 7.11 Å². The highest BCUT2D eigenvalue weighted by atomic mass is 31.2. The molecule has 0 spiro atoms. The molecule has 1 atom stereocenters. The van der Waals surface area contributed by atoms with Gasteiger partial charge in [0, 0.05) is 0 Å². The molecule has 1 aromatic rings. The number of esters is 1. The molecular weight excluding hydrogens is 291 g/mol. The summed E-state index contributed by atoms with van der Waals surface area (Å²) in [6.45, 7) is 0. The normalized spacial score (nSPS) is 12.8. The summed E-state index contributed by atoms with van der Waals surface area (Å²) in [5.41, 5.74) is 2.76. The molecule has 0 heterocycles. The number of ether oxygens (including phenoxy) is 1. The van der Waals surface area contributed by atoms with Crippen molar-refractivity contribution >= 4 is 13.8 Å². The van der Waals surface area contributed by atoms with Gasteiger partial charge in [-0.1, -0.05) is 6.07 Å². The van der Waals surface area contributed by atoms with Crippen molar-refractivity contribution in [3.05, 3.63) is 23.8 Å². The number of rotatable bonds is 6. The fraction of sp³-hybridized carbons (Fsp3) is 0.300. The van der Waals surface area contributed by atoms with Gasteiger partial charge in [0.2, 0.25) is 0 Å². The number of nitrogens with one attached hydrogen (secondary N) is 1. The van der Waals surface area contributed by atoms with Gasteiger partial charge in [-0.3, -0.25) is 20.4 Å². The Morgan fingerprint density at radius 2 is 2.15 bits per heavy atom.